The fraction of sp³-hybridized carbons (Fsp3) is 0.400. The highest BCUT2D eigenvalue weighted by Crippen LogP contribution is 2.48. The third kappa shape index (κ3) is 4.77. The van der Waals surface area contributed by atoms with Crippen LogP contribution in [0.3, 0.4) is 0 Å². The van der Waals surface area contributed by atoms with Crippen LogP contribution in [-0.2, 0) is 10.3 Å². The van der Waals surface area contributed by atoms with Gasteiger partial charge in [0.15, 0.2) is 0 Å². The Morgan fingerprint density at radius 3 is 1.71 bits per heavy atom. The molecule has 162 valence electrons. The summed E-state index contributed by atoms with van der Waals surface area (Å²) in [5, 5.41) is 0. The average molecular weight is 413 g/mol. The van der Waals surface area contributed by atoms with Gasteiger partial charge in [-0.05, 0) is 47.8 Å². The fourth-order valence-corrected chi connectivity index (χ4v) is 5.37. The van der Waals surface area contributed by atoms with Crippen LogP contribution < -0.4 is 0 Å². The Balaban J connectivity index is 1.73. The first-order valence-electron chi connectivity index (χ1n) is 12.0. The summed E-state index contributed by atoms with van der Waals surface area (Å²) < 4.78 is 7.26. The minimum Gasteiger partial charge on any atom is -0.358 e. The van der Waals surface area contributed by atoms with Gasteiger partial charge in [0, 0.05) is 0 Å². The van der Waals surface area contributed by atoms with Crippen LogP contribution >= 0.6 is 0 Å². The molecule has 2 unspecified atom stereocenters. The summed E-state index contributed by atoms with van der Waals surface area (Å²) in [5.41, 5.74) is 3.41. The van der Waals surface area contributed by atoms with Crippen molar-refractivity contribution in [1.82, 2.24) is 0 Å². The fourth-order valence-electron chi connectivity index (χ4n) is 5.37. The Hall–Kier alpha value is -2.38. The van der Waals surface area contributed by atoms with E-state index < -0.39 is 5.60 Å². The number of hydrogen-bond acceptors (Lipinski definition) is 1. The molecule has 2 atom stereocenters. The molecule has 1 aliphatic rings. The SMILES string of the molecule is CCCCCC1(C)CCC(OC(c2ccccc2)(c2ccccc2)c2ccccc2)C1. The molecule has 0 spiro atoms. The van der Waals surface area contributed by atoms with E-state index in [1.54, 1.807) is 0 Å². The summed E-state index contributed by atoms with van der Waals surface area (Å²) in [7, 11) is 0. The highest BCUT2D eigenvalue weighted by molar-refractivity contribution is 5.47. The summed E-state index contributed by atoms with van der Waals surface area (Å²) in [5.74, 6) is 0. The van der Waals surface area contributed by atoms with Crippen molar-refractivity contribution in [3.8, 4) is 0 Å². The van der Waals surface area contributed by atoms with E-state index in [-0.39, 0.29) is 6.10 Å². The van der Waals surface area contributed by atoms with Gasteiger partial charge in [-0.25, -0.2) is 0 Å². The van der Waals surface area contributed by atoms with E-state index >= 15 is 0 Å². The van der Waals surface area contributed by atoms with E-state index in [2.05, 4.69) is 105 Å². The van der Waals surface area contributed by atoms with Crippen LogP contribution in [0.1, 0.15) is 75.5 Å². The molecule has 1 fully saturated rings. The molecule has 3 aromatic carbocycles. The second-order valence-corrected chi connectivity index (χ2v) is 9.53. The molecular weight excluding hydrogens is 376 g/mol. The maximum Gasteiger partial charge on any atom is 0.144 e. The highest BCUT2D eigenvalue weighted by atomic mass is 16.5. The molecule has 0 N–H and O–H groups in total. The van der Waals surface area contributed by atoms with Crippen molar-refractivity contribution in [2.24, 2.45) is 5.41 Å². The molecular formula is C30H36O. The van der Waals surface area contributed by atoms with Crippen LogP contribution in [0.15, 0.2) is 91.0 Å². The Labute approximate surface area is 188 Å². The van der Waals surface area contributed by atoms with Gasteiger partial charge in [0.05, 0.1) is 6.10 Å². The smallest absolute Gasteiger partial charge is 0.144 e. The lowest BCUT2D eigenvalue weighted by atomic mass is 9.79. The number of hydrogen-bond donors (Lipinski definition) is 0. The lowest BCUT2D eigenvalue weighted by Crippen LogP contribution is -2.36. The van der Waals surface area contributed by atoms with Gasteiger partial charge in [-0.1, -0.05) is 124 Å². The van der Waals surface area contributed by atoms with E-state index in [0.717, 1.165) is 12.8 Å². The largest absolute Gasteiger partial charge is 0.358 e. The van der Waals surface area contributed by atoms with Crippen LogP contribution in [0.5, 0.6) is 0 Å². The molecule has 1 aliphatic carbocycles. The molecule has 0 heterocycles. The zero-order chi connectivity index (χ0) is 21.6. The van der Waals surface area contributed by atoms with Gasteiger partial charge in [0.2, 0.25) is 0 Å². The lowest BCUT2D eigenvalue weighted by molar-refractivity contribution is -0.0483. The highest BCUT2D eigenvalue weighted by Gasteiger charge is 2.43. The van der Waals surface area contributed by atoms with Crippen molar-refractivity contribution in [3.05, 3.63) is 108 Å². The molecule has 1 saturated carbocycles. The van der Waals surface area contributed by atoms with Crippen LogP contribution in [0, 0.1) is 5.41 Å². The Kier molecular flexibility index (Phi) is 6.92. The van der Waals surface area contributed by atoms with Crippen LogP contribution in [0.25, 0.3) is 0 Å². The van der Waals surface area contributed by atoms with Gasteiger partial charge in [-0.3, -0.25) is 0 Å². The van der Waals surface area contributed by atoms with Gasteiger partial charge >= 0.3 is 0 Å². The molecule has 0 bridgehead atoms. The third-order valence-corrected chi connectivity index (χ3v) is 7.06. The van der Waals surface area contributed by atoms with E-state index in [0.29, 0.717) is 5.41 Å². The first-order valence-corrected chi connectivity index (χ1v) is 12.0. The van der Waals surface area contributed by atoms with Crippen LogP contribution in [-0.4, -0.2) is 6.10 Å². The zero-order valence-electron chi connectivity index (χ0n) is 19.1. The minimum absolute atomic E-state index is 0.257. The van der Waals surface area contributed by atoms with Crippen molar-refractivity contribution in [2.75, 3.05) is 0 Å². The Morgan fingerprint density at radius 2 is 1.26 bits per heavy atom. The van der Waals surface area contributed by atoms with Crippen LogP contribution in [0.4, 0.5) is 0 Å². The second-order valence-electron chi connectivity index (χ2n) is 9.53. The Bertz CT molecular complexity index is 822. The van der Waals surface area contributed by atoms with Crippen molar-refractivity contribution in [3.63, 3.8) is 0 Å². The predicted molar refractivity (Wildman–Crippen MR) is 130 cm³/mol. The first kappa shape index (κ1) is 21.8. The summed E-state index contributed by atoms with van der Waals surface area (Å²) in [6.45, 7) is 4.76. The predicted octanol–water partition coefficient (Wildman–Crippen LogP) is 8.13. The van der Waals surface area contributed by atoms with Crippen molar-refractivity contribution >= 4 is 0 Å². The van der Waals surface area contributed by atoms with Crippen molar-refractivity contribution in [2.45, 2.75) is 70.5 Å². The van der Waals surface area contributed by atoms with Gasteiger partial charge < -0.3 is 4.74 Å². The van der Waals surface area contributed by atoms with E-state index in [9.17, 15) is 0 Å². The van der Waals surface area contributed by atoms with Crippen molar-refractivity contribution in [1.29, 1.82) is 0 Å². The summed E-state index contributed by atoms with van der Waals surface area (Å²) in [6, 6.07) is 32.3. The quantitative estimate of drug-likeness (QED) is 0.254. The summed E-state index contributed by atoms with van der Waals surface area (Å²) in [4.78, 5) is 0. The maximum atomic E-state index is 7.26. The maximum absolute atomic E-state index is 7.26. The summed E-state index contributed by atoms with van der Waals surface area (Å²) >= 11 is 0. The zero-order valence-corrected chi connectivity index (χ0v) is 19.1. The second kappa shape index (κ2) is 9.83. The molecule has 0 aromatic heterocycles. The van der Waals surface area contributed by atoms with E-state index in [1.807, 2.05) is 0 Å². The molecule has 4 rings (SSSR count). The van der Waals surface area contributed by atoms with Gasteiger partial charge in [0.25, 0.3) is 0 Å². The lowest BCUT2D eigenvalue weighted by Gasteiger charge is -2.38. The van der Waals surface area contributed by atoms with Crippen LogP contribution in [0.2, 0.25) is 0 Å². The summed E-state index contributed by atoms with van der Waals surface area (Å²) in [6.07, 6.45) is 9.07. The van der Waals surface area contributed by atoms with E-state index in [1.165, 1.54) is 48.8 Å². The molecule has 0 radical (unpaired) electrons. The average Bonchev–Trinajstić information content (AvgIpc) is 3.20. The molecule has 0 saturated heterocycles. The molecule has 1 nitrogen and oxygen atoms in total. The topological polar surface area (TPSA) is 9.23 Å². The number of rotatable bonds is 9. The van der Waals surface area contributed by atoms with Gasteiger partial charge in [-0.15, -0.1) is 0 Å². The molecule has 31 heavy (non-hydrogen) atoms. The van der Waals surface area contributed by atoms with Gasteiger partial charge in [0.1, 0.15) is 5.60 Å². The van der Waals surface area contributed by atoms with E-state index in [4.69, 9.17) is 4.74 Å². The molecule has 0 amide bonds. The first-order chi connectivity index (χ1) is 15.2. The molecule has 1 heteroatoms. The number of ether oxygens (including phenoxy) is 1. The van der Waals surface area contributed by atoms with Gasteiger partial charge in [-0.2, -0.15) is 0 Å². The third-order valence-electron chi connectivity index (χ3n) is 7.06. The standard InChI is InChI=1S/C30H36O/c1-3-4-14-22-29(2)23-21-28(24-29)31-30(25-15-8-5-9-16-25,26-17-10-6-11-18-26)27-19-12-7-13-20-27/h5-13,15-20,28H,3-4,14,21-24H2,1-2H3. The van der Waals surface area contributed by atoms with Crippen molar-refractivity contribution < 1.29 is 4.74 Å². The normalized spacial score (nSPS) is 21.3. The monoisotopic (exact) mass is 412 g/mol. The number of benzene rings is 3. The molecule has 0 aliphatic heterocycles. The minimum atomic E-state index is -0.594. The number of unbranched alkanes of at least 4 members (excludes halogenated alkanes) is 2. The Morgan fingerprint density at radius 1 is 0.774 bits per heavy atom. The molecule has 3 aromatic rings.